The van der Waals surface area contributed by atoms with Crippen LogP contribution in [0.4, 0.5) is 5.69 Å². The van der Waals surface area contributed by atoms with Crippen molar-refractivity contribution in [2.24, 2.45) is 0 Å². The van der Waals surface area contributed by atoms with Gasteiger partial charge in [0.15, 0.2) is 11.5 Å². The summed E-state index contributed by atoms with van der Waals surface area (Å²) < 4.78 is 17.2. The van der Waals surface area contributed by atoms with Gasteiger partial charge in [0.25, 0.3) is 0 Å². The van der Waals surface area contributed by atoms with Crippen LogP contribution in [-0.4, -0.2) is 55.8 Å². The van der Waals surface area contributed by atoms with Gasteiger partial charge in [0.1, 0.15) is 25.4 Å². The van der Waals surface area contributed by atoms with Crippen molar-refractivity contribution in [1.29, 1.82) is 0 Å². The van der Waals surface area contributed by atoms with Crippen LogP contribution in [0.2, 0.25) is 0 Å². The molecule has 1 aromatic rings. The average molecular weight is 377 g/mol. The van der Waals surface area contributed by atoms with Crippen molar-refractivity contribution in [2.75, 3.05) is 51.9 Å². The first-order chi connectivity index (χ1) is 10.1. The van der Waals surface area contributed by atoms with Crippen LogP contribution in [0.3, 0.4) is 0 Å². The molecule has 6 nitrogen and oxygen atoms in total. The summed E-state index contributed by atoms with van der Waals surface area (Å²) in [5.41, 5.74) is 6.51. The van der Waals surface area contributed by atoms with Gasteiger partial charge in [-0.05, 0) is 13.8 Å². The third-order valence-electron chi connectivity index (χ3n) is 4.24. The van der Waals surface area contributed by atoms with Crippen LogP contribution in [0.25, 0.3) is 0 Å². The molecule has 0 bridgehead atoms. The monoisotopic (exact) mass is 376 g/mol. The largest absolute Gasteiger partial charge is 1.00 e. The van der Waals surface area contributed by atoms with Crippen molar-refractivity contribution in [3.8, 4) is 17.2 Å². The number of halogens is 1. The van der Waals surface area contributed by atoms with E-state index in [2.05, 4.69) is 13.8 Å². The molecule has 1 aromatic carbocycles. The van der Waals surface area contributed by atoms with Gasteiger partial charge in [-0.25, -0.2) is 0 Å². The summed E-state index contributed by atoms with van der Waals surface area (Å²) in [6.07, 6.45) is 0. The molecule has 0 fully saturated rings. The lowest BCUT2D eigenvalue weighted by Crippen LogP contribution is -3.00. The maximum Gasteiger partial charge on any atom is 0.231 e. The first-order valence-corrected chi connectivity index (χ1v) is 7.42. The molecule has 0 aromatic heterocycles. The van der Waals surface area contributed by atoms with Gasteiger partial charge < -0.3 is 46.5 Å². The summed E-state index contributed by atoms with van der Waals surface area (Å²) in [7, 11) is 0. The van der Waals surface area contributed by atoms with Gasteiger partial charge in [-0.3, -0.25) is 0 Å². The fourth-order valence-corrected chi connectivity index (χ4v) is 2.59. The zero-order chi connectivity index (χ0) is 15.3. The van der Waals surface area contributed by atoms with Crippen LogP contribution in [-0.2, 0) is 0 Å². The number of aliphatic hydroxyl groups is 1. The molecule has 0 aliphatic carbocycles. The molecule has 126 valence electrons. The number of fused-ring (bicyclic) bond motifs is 1. The summed E-state index contributed by atoms with van der Waals surface area (Å²) in [5.74, 6) is 1.95. The predicted molar refractivity (Wildman–Crippen MR) is 80.6 cm³/mol. The van der Waals surface area contributed by atoms with Crippen molar-refractivity contribution in [3.05, 3.63) is 12.1 Å². The smallest absolute Gasteiger partial charge is 0.231 e. The van der Waals surface area contributed by atoms with Crippen molar-refractivity contribution >= 4 is 5.69 Å². The molecule has 7 heteroatoms. The van der Waals surface area contributed by atoms with Crippen molar-refractivity contribution < 1.29 is 40.8 Å². The van der Waals surface area contributed by atoms with Crippen molar-refractivity contribution in [3.63, 3.8) is 0 Å². The average Bonchev–Trinajstić information content (AvgIpc) is 2.93. The molecule has 0 amide bonds. The Labute approximate surface area is 142 Å². The van der Waals surface area contributed by atoms with Gasteiger partial charge in [-0.1, -0.05) is 0 Å². The SMILES string of the molecule is CC[N+](CC)(CCO)CCOc1cc2c(cc1N)OCO2.[Br-]. The minimum absolute atomic E-state index is 0. The summed E-state index contributed by atoms with van der Waals surface area (Å²) in [5, 5.41) is 9.22. The number of likely N-dealkylation sites (N-methyl/N-ethyl adjacent to an activating group) is 1. The molecule has 0 unspecified atom stereocenters. The van der Waals surface area contributed by atoms with Gasteiger partial charge in [0, 0.05) is 12.1 Å². The van der Waals surface area contributed by atoms with E-state index in [4.69, 9.17) is 19.9 Å². The number of ether oxygens (including phenoxy) is 3. The fraction of sp³-hybridized carbons (Fsp3) is 0.600. The van der Waals surface area contributed by atoms with Crippen LogP contribution in [0.15, 0.2) is 12.1 Å². The molecule has 22 heavy (non-hydrogen) atoms. The van der Waals surface area contributed by atoms with Gasteiger partial charge in [-0.2, -0.15) is 0 Å². The van der Waals surface area contributed by atoms with Crippen LogP contribution in [0, 0.1) is 0 Å². The third kappa shape index (κ3) is 4.18. The third-order valence-corrected chi connectivity index (χ3v) is 4.24. The first-order valence-electron chi connectivity index (χ1n) is 7.42. The standard InChI is InChI=1S/C15H25N2O4.BrH/c1-3-17(4-2,5-7-18)6-8-19-13-10-15-14(9-12(13)16)20-11-21-15;/h9-10,18H,3-8,11,16H2,1-2H3;1H/q+1;/p-1. The number of benzene rings is 1. The topological polar surface area (TPSA) is 73.9 Å². The zero-order valence-corrected chi connectivity index (χ0v) is 14.8. The predicted octanol–water partition coefficient (Wildman–Crippen LogP) is -1.77. The molecule has 2 rings (SSSR count). The van der Waals surface area contributed by atoms with E-state index in [0.29, 0.717) is 29.5 Å². The summed E-state index contributed by atoms with van der Waals surface area (Å²) in [4.78, 5) is 0. The van der Waals surface area contributed by atoms with E-state index in [-0.39, 0.29) is 30.4 Å². The van der Waals surface area contributed by atoms with E-state index in [1.807, 2.05) is 0 Å². The highest BCUT2D eigenvalue weighted by atomic mass is 79.9. The minimum Gasteiger partial charge on any atom is -1.00 e. The highest BCUT2D eigenvalue weighted by Crippen LogP contribution is 2.39. The Morgan fingerprint density at radius 3 is 2.41 bits per heavy atom. The Hall–Kier alpha value is -1.18. The molecule has 0 saturated heterocycles. The van der Waals surface area contributed by atoms with E-state index < -0.39 is 0 Å². The zero-order valence-electron chi connectivity index (χ0n) is 13.2. The lowest BCUT2D eigenvalue weighted by Gasteiger charge is -2.36. The maximum absolute atomic E-state index is 9.22. The summed E-state index contributed by atoms with van der Waals surface area (Å²) in [6, 6.07) is 3.50. The normalized spacial score (nSPS) is 12.9. The van der Waals surface area contributed by atoms with Crippen molar-refractivity contribution in [1.82, 2.24) is 0 Å². The number of nitrogens with two attached hydrogens (primary N) is 1. The van der Waals surface area contributed by atoms with Crippen LogP contribution in [0.5, 0.6) is 17.2 Å². The number of nitrogens with zero attached hydrogens (tertiary/aromatic N) is 1. The highest BCUT2D eigenvalue weighted by Gasteiger charge is 2.23. The highest BCUT2D eigenvalue weighted by molar-refractivity contribution is 5.62. The van der Waals surface area contributed by atoms with Gasteiger partial charge in [0.05, 0.1) is 25.4 Å². The molecule has 1 aliphatic rings. The minimum atomic E-state index is 0. The lowest BCUT2D eigenvalue weighted by atomic mass is 10.2. The van der Waals surface area contributed by atoms with E-state index in [1.54, 1.807) is 12.1 Å². The van der Waals surface area contributed by atoms with Crippen LogP contribution in [0.1, 0.15) is 13.8 Å². The molecule has 0 radical (unpaired) electrons. The molecule has 0 atom stereocenters. The lowest BCUT2D eigenvalue weighted by molar-refractivity contribution is -0.925. The second-order valence-corrected chi connectivity index (χ2v) is 5.24. The number of hydrogen-bond acceptors (Lipinski definition) is 5. The number of nitrogen functional groups attached to an aromatic ring is 1. The summed E-state index contributed by atoms with van der Waals surface area (Å²) >= 11 is 0. The second kappa shape index (κ2) is 8.45. The van der Waals surface area contributed by atoms with E-state index >= 15 is 0 Å². The quantitative estimate of drug-likeness (QED) is 0.415. The van der Waals surface area contributed by atoms with Gasteiger partial charge in [-0.15, -0.1) is 0 Å². The molecule has 1 aliphatic heterocycles. The molecule has 3 N–H and O–H groups in total. The molecular weight excluding hydrogens is 352 g/mol. The molecule has 0 saturated carbocycles. The van der Waals surface area contributed by atoms with E-state index in [9.17, 15) is 5.11 Å². The van der Waals surface area contributed by atoms with Gasteiger partial charge in [0.2, 0.25) is 6.79 Å². The fourth-order valence-electron chi connectivity index (χ4n) is 2.59. The Kier molecular flexibility index (Phi) is 7.25. The number of aliphatic hydroxyl groups excluding tert-OH is 1. The number of hydrogen-bond donors (Lipinski definition) is 2. The Balaban J connectivity index is 0.00000242. The first kappa shape index (κ1) is 18.9. The van der Waals surface area contributed by atoms with Crippen LogP contribution >= 0.6 is 0 Å². The Bertz CT molecular complexity index is 481. The van der Waals surface area contributed by atoms with E-state index in [0.717, 1.165) is 30.7 Å². The molecule has 1 heterocycles. The number of rotatable bonds is 8. The Morgan fingerprint density at radius 1 is 1.18 bits per heavy atom. The van der Waals surface area contributed by atoms with Crippen molar-refractivity contribution in [2.45, 2.75) is 13.8 Å². The van der Waals surface area contributed by atoms with Gasteiger partial charge >= 0.3 is 0 Å². The molecule has 0 spiro atoms. The molecular formula is C15H25BrN2O4. The van der Waals surface area contributed by atoms with E-state index in [1.165, 1.54) is 0 Å². The maximum atomic E-state index is 9.22. The number of quaternary nitrogens is 1. The second-order valence-electron chi connectivity index (χ2n) is 5.24. The van der Waals surface area contributed by atoms with Crippen LogP contribution < -0.4 is 36.9 Å². The Morgan fingerprint density at radius 2 is 1.82 bits per heavy atom. The number of anilines is 1. The summed E-state index contributed by atoms with van der Waals surface area (Å²) in [6.45, 7) is 8.74.